The van der Waals surface area contributed by atoms with Gasteiger partial charge in [-0.25, -0.2) is 4.79 Å². The molecule has 35 heavy (non-hydrogen) atoms. The van der Waals surface area contributed by atoms with Crippen LogP contribution in [0.25, 0.3) is 0 Å². The fraction of sp³-hybridized carbons (Fsp3) is 0.773. The van der Waals surface area contributed by atoms with E-state index in [-0.39, 0.29) is 43.2 Å². The van der Waals surface area contributed by atoms with Crippen LogP contribution in [0.1, 0.15) is 52.4 Å². The molecule has 0 spiro atoms. The molecule has 12 nitrogen and oxygen atoms in total. The third kappa shape index (κ3) is 12.1. The Morgan fingerprint density at radius 2 is 1.71 bits per heavy atom. The van der Waals surface area contributed by atoms with Gasteiger partial charge in [-0.1, -0.05) is 13.8 Å². The van der Waals surface area contributed by atoms with Crippen molar-refractivity contribution < 1.29 is 24.3 Å². The molecule has 1 aliphatic rings. The summed E-state index contributed by atoms with van der Waals surface area (Å²) in [6.45, 7) is 4.82. The van der Waals surface area contributed by atoms with Gasteiger partial charge in [-0.2, -0.15) is 11.8 Å². The number of nitrogens with one attached hydrogen (secondary N) is 4. The maximum atomic E-state index is 13.2. The monoisotopic (exact) mass is 515 g/mol. The van der Waals surface area contributed by atoms with E-state index in [9.17, 15) is 24.3 Å². The van der Waals surface area contributed by atoms with E-state index in [2.05, 4.69) is 26.3 Å². The van der Waals surface area contributed by atoms with Gasteiger partial charge in [0.2, 0.25) is 17.7 Å². The van der Waals surface area contributed by atoms with E-state index in [1.165, 1.54) is 11.8 Å². The second-order valence-corrected chi connectivity index (χ2v) is 10.0. The van der Waals surface area contributed by atoms with E-state index in [0.717, 1.165) is 13.0 Å². The van der Waals surface area contributed by atoms with E-state index in [1.807, 2.05) is 20.1 Å². The topological polar surface area (TPSA) is 201 Å². The summed E-state index contributed by atoms with van der Waals surface area (Å²) in [5.41, 5.74) is 10.7. The van der Waals surface area contributed by atoms with Gasteiger partial charge < -0.3 is 37.8 Å². The number of carbonyl (C=O) groups is 4. The summed E-state index contributed by atoms with van der Waals surface area (Å²) in [5.74, 6) is -1.93. The number of carboxylic acid groups (broad SMARTS) is 1. The van der Waals surface area contributed by atoms with Gasteiger partial charge in [-0.15, -0.1) is 0 Å². The second kappa shape index (κ2) is 16.2. The maximum Gasteiger partial charge on any atom is 0.326 e. The zero-order valence-corrected chi connectivity index (χ0v) is 21.7. The number of hydrogen-bond donors (Lipinski definition) is 7. The number of aliphatic carboxylic acids is 1. The quantitative estimate of drug-likeness (QED) is 0.0775. The summed E-state index contributed by atoms with van der Waals surface area (Å²) in [5, 5.41) is 20.6. The molecule has 0 aromatic rings. The molecule has 0 radical (unpaired) electrons. The molecule has 1 saturated heterocycles. The molecule has 4 unspecified atom stereocenters. The van der Waals surface area contributed by atoms with Crippen molar-refractivity contribution in [3.63, 3.8) is 0 Å². The molecule has 0 bridgehead atoms. The maximum absolute atomic E-state index is 13.2. The van der Waals surface area contributed by atoms with E-state index in [4.69, 9.17) is 11.5 Å². The first-order chi connectivity index (χ1) is 16.5. The van der Waals surface area contributed by atoms with E-state index in [1.54, 1.807) is 0 Å². The van der Waals surface area contributed by atoms with Crippen molar-refractivity contribution in [1.82, 2.24) is 21.3 Å². The number of aliphatic imine (C=N–C) groups is 1. The Kier molecular flexibility index (Phi) is 14.1. The standard InChI is InChI=1S/C22H41N7O5S/c1-13(2)12-17(20(32)28-16(21(33)34)8-11-35-3)29-19(31)15(7-5-10-26-22(23)24)27-18(30)14-6-4-9-25-14/h13-17,25H,4-12H2,1-3H3,(H,27,30)(H,28,32)(H,29,31)(H,33,34)(H4,23,24,26). The molecule has 1 fully saturated rings. The molecule has 200 valence electrons. The third-order valence-electron chi connectivity index (χ3n) is 5.52. The fourth-order valence-corrected chi connectivity index (χ4v) is 4.17. The average Bonchev–Trinajstić information content (AvgIpc) is 3.32. The van der Waals surface area contributed by atoms with Crippen LogP contribution in [-0.4, -0.2) is 84.0 Å². The Bertz CT molecular complexity index is 740. The van der Waals surface area contributed by atoms with Crippen molar-refractivity contribution in [2.24, 2.45) is 22.4 Å². The number of carbonyl (C=O) groups excluding carboxylic acids is 3. The Balaban J connectivity index is 2.93. The molecule has 1 aliphatic heterocycles. The Hall–Kier alpha value is -2.54. The number of thioether (sulfide) groups is 1. The van der Waals surface area contributed by atoms with Crippen molar-refractivity contribution in [1.29, 1.82) is 0 Å². The SMILES string of the molecule is CSCCC(NC(=O)C(CC(C)C)NC(=O)C(CCCN=C(N)N)NC(=O)C1CCCN1)C(=O)O. The molecule has 0 aromatic heterocycles. The van der Waals surface area contributed by atoms with Gasteiger partial charge in [0.05, 0.1) is 6.04 Å². The third-order valence-corrected chi connectivity index (χ3v) is 6.16. The lowest BCUT2D eigenvalue weighted by Crippen LogP contribution is -2.57. The number of hydrogen-bond acceptors (Lipinski definition) is 7. The van der Waals surface area contributed by atoms with Crippen LogP contribution in [0, 0.1) is 5.92 Å². The fourth-order valence-electron chi connectivity index (χ4n) is 3.69. The second-order valence-electron chi connectivity index (χ2n) is 9.03. The van der Waals surface area contributed by atoms with Gasteiger partial charge in [0.15, 0.2) is 5.96 Å². The smallest absolute Gasteiger partial charge is 0.326 e. The first kappa shape index (κ1) is 30.5. The molecule has 13 heteroatoms. The minimum Gasteiger partial charge on any atom is -0.480 e. The predicted molar refractivity (Wildman–Crippen MR) is 137 cm³/mol. The van der Waals surface area contributed by atoms with Crippen LogP contribution in [0.2, 0.25) is 0 Å². The Labute approximate surface area is 211 Å². The Morgan fingerprint density at radius 3 is 2.26 bits per heavy atom. The highest BCUT2D eigenvalue weighted by Crippen LogP contribution is 2.10. The van der Waals surface area contributed by atoms with Crippen LogP contribution in [0.3, 0.4) is 0 Å². The van der Waals surface area contributed by atoms with Gasteiger partial charge in [0.1, 0.15) is 18.1 Å². The van der Waals surface area contributed by atoms with Crippen LogP contribution < -0.4 is 32.7 Å². The largest absolute Gasteiger partial charge is 0.480 e. The minimum absolute atomic E-state index is 0.0538. The van der Waals surface area contributed by atoms with Crippen molar-refractivity contribution in [3.8, 4) is 0 Å². The highest BCUT2D eigenvalue weighted by molar-refractivity contribution is 7.98. The van der Waals surface area contributed by atoms with Crippen LogP contribution in [0.5, 0.6) is 0 Å². The van der Waals surface area contributed by atoms with Gasteiger partial charge >= 0.3 is 5.97 Å². The normalized spacial score (nSPS) is 17.8. The van der Waals surface area contributed by atoms with Crippen molar-refractivity contribution in [2.75, 3.05) is 25.1 Å². The minimum atomic E-state index is -1.13. The van der Waals surface area contributed by atoms with Crippen molar-refractivity contribution in [2.45, 2.75) is 76.5 Å². The van der Waals surface area contributed by atoms with E-state index < -0.39 is 35.9 Å². The number of nitrogens with two attached hydrogens (primary N) is 2. The van der Waals surface area contributed by atoms with Crippen LogP contribution in [-0.2, 0) is 19.2 Å². The van der Waals surface area contributed by atoms with Crippen LogP contribution in [0.15, 0.2) is 4.99 Å². The van der Waals surface area contributed by atoms with Crippen LogP contribution in [0.4, 0.5) is 0 Å². The molecular weight excluding hydrogens is 474 g/mol. The van der Waals surface area contributed by atoms with Gasteiger partial charge in [-0.05, 0) is 63.0 Å². The molecular formula is C22H41N7O5S. The zero-order chi connectivity index (χ0) is 26.4. The molecule has 0 saturated carbocycles. The summed E-state index contributed by atoms with van der Waals surface area (Å²) in [4.78, 5) is 54.2. The highest BCUT2D eigenvalue weighted by atomic mass is 32.2. The highest BCUT2D eigenvalue weighted by Gasteiger charge is 2.31. The van der Waals surface area contributed by atoms with Gasteiger partial charge in [-0.3, -0.25) is 19.4 Å². The van der Waals surface area contributed by atoms with Crippen molar-refractivity contribution >= 4 is 41.4 Å². The summed E-state index contributed by atoms with van der Waals surface area (Å²) < 4.78 is 0. The van der Waals surface area contributed by atoms with Crippen LogP contribution >= 0.6 is 11.8 Å². The number of guanidine groups is 1. The lowest BCUT2D eigenvalue weighted by atomic mass is 10.0. The van der Waals surface area contributed by atoms with Gasteiger partial charge in [0, 0.05) is 6.54 Å². The molecule has 3 amide bonds. The Morgan fingerprint density at radius 1 is 1.06 bits per heavy atom. The lowest BCUT2D eigenvalue weighted by Gasteiger charge is -2.26. The first-order valence-electron chi connectivity index (χ1n) is 12.0. The van der Waals surface area contributed by atoms with Gasteiger partial charge in [0.25, 0.3) is 0 Å². The van der Waals surface area contributed by atoms with E-state index in [0.29, 0.717) is 25.0 Å². The molecule has 0 aliphatic carbocycles. The zero-order valence-electron chi connectivity index (χ0n) is 20.8. The lowest BCUT2D eigenvalue weighted by molar-refractivity contribution is -0.142. The molecule has 1 heterocycles. The number of amides is 3. The number of rotatable bonds is 16. The summed E-state index contributed by atoms with van der Waals surface area (Å²) in [7, 11) is 0. The first-order valence-corrected chi connectivity index (χ1v) is 13.4. The molecule has 9 N–H and O–H groups in total. The van der Waals surface area contributed by atoms with Crippen molar-refractivity contribution in [3.05, 3.63) is 0 Å². The number of nitrogens with zero attached hydrogens (tertiary/aromatic N) is 1. The predicted octanol–water partition coefficient (Wildman–Crippen LogP) is -0.870. The average molecular weight is 516 g/mol. The summed E-state index contributed by atoms with van der Waals surface area (Å²) in [6, 6.07) is -3.26. The molecule has 4 atom stereocenters. The summed E-state index contributed by atoms with van der Waals surface area (Å²) >= 11 is 1.48. The number of carboxylic acids is 1. The van der Waals surface area contributed by atoms with E-state index >= 15 is 0 Å². The summed E-state index contributed by atoms with van der Waals surface area (Å²) in [6.07, 6.45) is 4.68. The molecule has 1 rings (SSSR count). The molecule has 0 aromatic carbocycles.